The molecule has 31 heavy (non-hydrogen) atoms. The summed E-state index contributed by atoms with van der Waals surface area (Å²) in [5.41, 5.74) is 5.67. The fourth-order valence-corrected chi connectivity index (χ4v) is 4.85. The Labute approximate surface area is 188 Å². The second-order valence-corrected chi connectivity index (χ2v) is 9.59. The van der Waals surface area contributed by atoms with Crippen LogP contribution >= 0.6 is 11.3 Å². The molecule has 0 aliphatic carbocycles. The summed E-state index contributed by atoms with van der Waals surface area (Å²) in [4.78, 5) is 19.7. The van der Waals surface area contributed by atoms with Gasteiger partial charge in [-0.15, -0.1) is 11.3 Å². The molecule has 1 amide bonds. The van der Waals surface area contributed by atoms with E-state index in [0.717, 1.165) is 66.7 Å². The van der Waals surface area contributed by atoms with Crippen LogP contribution in [0.2, 0.25) is 0 Å². The number of aryl methyl sites for hydroxylation is 3. The van der Waals surface area contributed by atoms with E-state index < -0.39 is 0 Å². The van der Waals surface area contributed by atoms with Gasteiger partial charge in [-0.2, -0.15) is 5.10 Å². The van der Waals surface area contributed by atoms with Crippen molar-refractivity contribution in [1.82, 2.24) is 25.0 Å². The molecule has 3 heterocycles. The van der Waals surface area contributed by atoms with Crippen molar-refractivity contribution in [2.45, 2.75) is 53.2 Å². The Kier molecular flexibility index (Phi) is 6.83. The van der Waals surface area contributed by atoms with E-state index in [2.05, 4.69) is 62.9 Å². The van der Waals surface area contributed by atoms with E-state index in [1.807, 2.05) is 18.5 Å². The first-order valence-electron chi connectivity index (χ1n) is 11.0. The number of piperidine rings is 1. The largest absolute Gasteiger partial charge is 0.352 e. The summed E-state index contributed by atoms with van der Waals surface area (Å²) in [5.74, 6) is 0.277. The number of thiazole rings is 1. The van der Waals surface area contributed by atoms with Crippen molar-refractivity contribution in [3.05, 3.63) is 68.9 Å². The molecule has 1 aliphatic rings. The van der Waals surface area contributed by atoms with Gasteiger partial charge >= 0.3 is 0 Å². The third kappa shape index (κ3) is 5.80. The van der Waals surface area contributed by atoms with Gasteiger partial charge in [0.25, 0.3) is 0 Å². The molecule has 0 bridgehead atoms. The van der Waals surface area contributed by atoms with Crippen LogP contribution in [0.25, 0.3) is 0 Å². The van der Waals surface area contributed by atoms with Crippen molar-refractivity contribution in [2.75, 3.05) is 13.1 Å². The SMILES string of the molecule is Cc1cc(C)n(Cc2cccc(CNC(=O)C3CCN(Cc4csc(C)n4)CC3)c2)n1. The van der Waals surface area contributed by atoms with E-state index >= 15 is 0 Å². The summed E-state index contributed by atoms with van der Waals surface area (Å²) in [6.07, 6.45) is 1.82. The minimum Gasteiger partial charge on any atom is -0.352 e. The van der Waals surface area contributed by atoms with Gasteiger partial charge in [0.1, 0.15) is 0 Å². The van der Waals surface area contributed by atoms with Crippen LogP contribution in [0, 0.1) is 26.7 Å². The molecule has 3 aromatic rings. The zero-order valence-electron chi connectivity index (χ0n) is 18.6. The Morgan fingerprint density at radius 2 is 1.90 bits per heavy atom. The Morgan fingerprint density at radius 1 is 1.13 bits per heavy atom. The molecule has 1 aromatic carbocycles. The quantitative estimate of drug-likeness (QED) is 0.610. The number of hydrogen-bond donors (Lipinski definition) is 1. The molecule has 0 spiro atoms. The van der Waals surface area contributed by atoms with E-state index in [1.54, 1.807) is 11.3 Å². The number of aromatic nitrogens is 3. The molecule has 1 aliphatic heterocycles. The number of rotatable bonds is 7. The van der Waals surface area contributed by atoms with E-state index in [9.17, 15) is 4.79 Å². The van der Waals surface area contributed by atoms with Gasteiger partial charge in [-0.1, -0.05) is 24.3 Å². The lowest BCUT2D eigenvalue weighted by atomic mass is 9.95. The molecule has 164 valence electrons. The number of benzene rings is 1. The number of carbonyl (C=O) groups is 1. The highest BCUT2D eigenvalue weighted by Crippen LogP contribution is 2.20. The maximum atomic E-state index is 12.7. The van der Waals surface area contributed by atoms with Crippen LogP contribution in [0.1, 0.15) is 46.1 Å². The van der Waals surface area contributed by atoms with Gasteiger partial charge in [-0.05, 0) is 63.9 Å². The van der Waals surface area contributed by atoms with Gasteiger partial charge in [0.2, 0.25) is 5.91 Å². The number of nitrogens with zero attached hydrogens (tertiary/aromatic N) is 4. The van der Waals surface area contributed by atoms with E-state index in [4.69, 9.17) is 0 Å². The van der Waals surface area contributed by atoms with Crippen molar-refractivity contribution in [3.63, 3.8) is 0 Å². The van der Waals surface area contributed by atoms with Crippen molar-refractivity contribution in [3.8, 4) is 0 Å². The standard InChI is InChI=1S/C24H31N5OS/c1-17-11-18(2)29(27-17)14-21-6-4-5-20(12-21)13-25-24(30)22-7-9-28(10-8-22)15-23-16-31-19(3)26-23/h4-6,11-12,16,22H,7-10,13-15H2,1-3H3,(H,25,30). The van der Waals surface area contributed by atoms with Crippen LogP contribution in [0.4, 0.5) is 0 Å². The number of hydrogen-bond acceptors (Lipinski definition) is 5. The Morgan fingerprint density at radius 3 is 2.58 bits per heavy atom. The molecule has 0 atom stereocenters. The van der Waals surface area contributed by atoms with Crippen LogP contribution in [-0.2, 0) is 24.4 Å². The monoisotopic (exact) mass is 437 g/mol. The molecule has 0 saturated carbocycles. The molecule has 6 nitrogen and oxygen atoms in total. The zero-order chi connectivity index (χ0) is 21.8. The maximum Gasteiger partial charge on any atom is 0.223 e. The lowest BCUT2D eigenvalue weighted by molar-refractivity contribution is -0.126. The Hall–Kier alpha value is -2.51. The van der Waals surface area contributed by atoms with Gasteiger partial charge in [0, 0.05) is 30.1 Å². The van der Waals surface area contributed by atoms with E-state index in [-0.39, 0.29) is 11.8 Å². The van der Waals surface area contributed by atoms with Gasteiger partial charge < -0.3 is 5.32 Å². The summed E-state index contributed by atoms with van der Waals surface area (Å²) in [7, 11) is 0. The molecule has 1 N–H and O–H groups in total. The third-order valence-electron chi connectivity index (χ3n) is 5.90. The van der Waals surface area contributed by atoms with Gasteiger partial charge in [0.05, 0.1) is 22.9 Å². The average Bonchev–Trinajstić information content (AvgIpc) is 3.30. The van der Waals surface area contributed by atoms with E-state index in [1.165, 1.54) is 5.56 Å². The molecular weight excluding hydrogens is 406 g/mol. The highest BCUT2D eigenvalue weighted by molar-refractivity contribution is 7.09. The first kappa shape index (κ1) is 21.7. The normalized spacial score (nSPS) is 15.3. The first-order chi connectivity index (χ1) is 15.0. The highest BCUT2D eigenvalue weighted by Gasteiger charge is 2.25. The van der Waals surface area contributed by atoms with Gasteiger partial charge in [-0.25, -0.2) is 4.98 Å². The summed E-state index contributed by atoms with van der Waals surface area (Å²) < 4.78 is 2.02. The number of carbonyl (C=O) groups excluding carboxylic acids is 1. The minimum atomic E-state index is 0.103. The predicted molar refractivity (Wildman–Crippen MR) is 124 cm³/mol. The van der Waals surface area contributed by atoms with Crippen molar-refractivity contribution >= 4 is 17.2 Å². The third-order valence-corrected chi connectivity index (χ3v) is 6.73. The number of likely N-dealkylation sites (tertiary alicyclic amines) is 1. The lowest BCUT2D eigenvalue weighted by Crippen LogP contribution is -2.40. The van der Waals surface area contributed by atoms with E-state index in [0.29, 0.717) is 6.54 Å². The molecule has 0 unspecified atom stereocenters. The Bertz CT molecular complexity index is 1030. The average molecular weight is 438 g/mol. The predicted octanol–water partition coefficient (Wildman–Crippen LogP) is 3.84. The van der Waals surface area contributed by atoms with Gasteiger partial charge in [0.15, 0.2) is 0 Å². The van der Waals surface area contributed by atoms with Crippen LogP contribution in [0.5, 0.6) is 0 Å². The fraction of sp³-hybridized carbons (Fsp3) is 0.458. The molecular formula is C24H31N5OS. The van der Waals surface area contributed by atoms with Crippen LogP contribution < -0.4 is 5.32 Å². The topological polar surface area (TPSA) is 63.1 Å². The maximum absolute atomic E-state index is 12.7. The second kappa shape index (κ2) is 9.75. The van der Waals surface area contributed by atoms with Crippen molar-refractivity contribution in [1.29, 1.82) is 0 Å². The van der Waals surface area contributed by atoms with Crippen LogP contribution in [0.15, 0.2) is 35.7 Å². The first-order valence-corrected chi connectivity index (χ1v) is 11.8. The molecule has 1 saturated heterocycles. The lowest BCUT2D eigenvalue weighted by Gasteiger charge is -2.30. The van der Waals surface area contributed by atoms with Crippen LogP contribution in [0.3, 0.4) is 0 Å². The van der Waals surface area contributed by atoms with Crippen molar-refractivity contribution in [2.24, 2.45) is 5.92 Å². The molecule has 2 aromatic heterocycles. The molecule has 4 rings (SSSR count). The molecule has 0 radical (unpaired) electrons. The number of nitrogens with one attached hydrogen (secondary N) is 1. The highest BCUT2D eigenvalue weighted by atomic mass is 32.1. The Balaban J connectivity index is 1.25. The summed E-state index contributed by atoms with van der Waals surface area (Å²) in [5, 5.41) is 10.9. The number of amides is 1. The van der Waals surface area contributed by atoms with Crippen molar-refractivity contribution < 1.29 is 4.79 Å². The smallest absolute Gasteiger partial charge is 0.223 e. The zero-order valence-corrected chi connectivity index (χ0v) is 19.4. The minimum absolute atomic E-state index is 0.103. The second-order valence-electron chi connectivity index (χ2n) is 8.53. The van der Waals surface area contributed by atoms with Crippen LogP contribution in [-0.4, -0.2) is 38.7 Å². The van der Waals surface area contributed by atoms with Gasteiger partial charge in [-0.3, -0.25) is 14.4 Å². The summed E-state index contributed by atoms with van der Waals surface area (Å²) in [6.45, 7) is 10.2. The summed E-state index contributed by atoms with van der Waals surface area (Å²) in [6, 6.07) is 10.5. The summed E-state index contributed by atoms with van der Waals surface area (Å²) >= 11 is 1.70. The molecule has 7 heteroatoms. The fourth-order valence-electron chi connectivity index (χ4n) is 4.24. The molecule has 1 fully saturated rings.